The molecule has 0 aromatic heterocycles. The number of carbonyl (C=O) groups excluding carboxylic acids is 1. The minimum atomic E-state index is -0.103. The van der Waals surface area contributed by atoms with E-state index in [0.29, 0.717) is 11.6 Å². The van der Waals surface area contributed by atoms with Crippen molar-refractivity contribution in [3.8, 4) is 0 Å². The van der Waals surface area contributed by atoms with Gasteiger partial charge in [0.2, 0.25) is 5.91 Å². The summed E-state index contributed by atoms with van der Waals surface area (Å²) in [4.78, 5) is 10.9. The monoisotopic (exact) mass is 289 g/mol. The van der Waals surface area contributed by atoms with Crippen LogP contribution in [0.1, 0.15) is 11.7 Å². The van der Waals surface area contributed by atoms with E-state index < -0.39 is 0 Å². The molecule has 1 aromatic rings. The minimum absolute atomic E-state index is 0.0746. The highest BCUT2D eigenvalue weighted by Crippen LogP contribution is 2.27. The van der Waals surface area contributed by atoms with Crippen LogP contribution in [0.3, 0.4) is 0 Å². The molecule has 0 radical (unpaired) electrons. The molecule has 1 fully saturated rings. The zero-order valence-corrected chi connectivity index (χ0v) is 10.1. The van der Waals surface area contributed by atoms with Crippen molar-refractivity contribution in [2.75, 3.05) is 13.2 Å². The maximum atomic E-state index is 10.9. The van der Waals surface area contributed by atoms with E-state index in [9.17, 15) is 4.79 Å². The van der Waals surface area contributed by atoms with E-state index in [2.05, 4.69) is 21.2 Å². The third-order valence-electron chi connectivity index (χ3n) is 2.22. The van der Waals surface area contributed by atoms with Gasteiger partial charge in [0.1, 0.15) is 12.7 Å². The van der Waals surface area contributed by atoms with Gasteiger partial charge in [0.25, 0.3) is 0 Å². The van der Waals surface area contributed by atoms with Crippen molar-refractivity contribution in [2.24, 2.45) is 0 Å². The second-order valence-electron chi connectivity index (χ2n) is 3.28. The first-order chi connectivity index (χ1) is 7.16. The zero-order valence-electron chi connectivity index (χ0n) is 7.80. The Bertz CT molecular complexity index is 387. The second kappa shape index (κ2) is 4.51. The van der Waals surface area contributed by atoms with Crippen molar-refractivity contribution < 1.29 is 9.53 Å². The first kappa shape index (κ1) is 10.9. The Hall–Kier alpha value is -0.580. The number of halogens is 2. The van der Waals surface area contributed by atoms with Crippen molar-refractivity contribution in [3.05, 3.63) is 33.3 Å². The fourth-order valence-electron chi connectivity index (χ4n) is 1.42. The summed E-state index contributed by atoms with van der Waals surface area (Å²) in [7, 11) is 0. The highest BCUT2D eigenvalue weighted by molar-refractivity contribution is 9.10. The van der Waals surface area contributed by atoms with Crippen LogP contribution in [-0.4, -0.2) is 19.1 Å². The van der Waals surface area contributed by atoms with Crippen LogP contribution < -0.4 is 5.32 Å². The Labute approximate surface area is 101 Å². The summed E-state index contributed by atoms with van der Waals surface area (Å²) in [6.45, 7) is 0.606. The normalized spacial score (nSPS) is 21.2. The molecule has 15 heavy (non-hydrogen) atoms. The van der Waals surface area contributed by atoms with E-state index in [4.69, 9.17) is 16.3 Å². The first-order valence-corrected chi connectivity index (χ1v) is 5.67. The van der Waals surface area contributed by atoms with Gasteiger partial charge in [0.15, 0.2) is 0 Å². The van der Waals surface area contributed by atoms with Crippen molar-refractivity contribution >= 4 is 33.4 Å². The number of morpholine rings is 1. The van der Waals surface area contributed by atoms with E-state index >= 15 is 0 Å². The lowest BCUT2D eigenvalue weighted by Crippen LogP contribution is -2.38. The summed E-state index contributed by atoms with van der Waals surface area (Å²) in [6, 6.07) is 5.64. The van der Waals surface area contributed by atoms with Gasteiger partial charge in [-0.05, 0) is 33.6 Å². The van der Waals surface area contributed by atoms with Gasteiger partial charge >= 0.3 is 0 Å². The van der Waals surface area contributed by atoms with Crippen LogP contribution in [0.5, 0.6) is 0 Å². The first-order valence-electron chi connectivity index (χ1n) is 4.50. The standard InChI is InChI=1S/C10H9BrClNO2/c11-7-2-1-6(3-8(7)12)9-4-13-10(14)5-15-9/h1-3,9H,4-5H2,(H,13,14)/t9-/m0/s1. The molecule has 1 heterocycles. The minimum Gasteiger partial charge on any atom is -0.362 e. The van der Waals surface area contributed by atoms with E-state index in [1.165, 1.54) is 0 Å². The van der Waals surface area contributed by atoms with Gasteiger partial charge in [-0.1, -0.05) is 17.7 Å². The van der Waals surface area contributed by atoms with Crippen LogP contribution >= 0.6 is 27.5 Å². The Morgan fingerprint density at radius 1 is 1.53 bits per heavy atom. The Kier molecular flexibility index (Phi) is 3.29. The van der Waals surface area contributed by atoms with Gasteiger partial charge < -0.3 is 10.1 Å². The van der Waals surface area contributed by atoms with Gasteiger partial charge in [-0.2, -0.15) is 0 Å². The predicted molar refractivity (Wildman–Crippen MR) is 60.9 cm³/mol. The second-order valence-corrected chi connectivity index (χ2v) is 4.54. The van der Waals surface area contributed by atoms with E-state index in [-0.39, 0.29) is 18.6 Å². The lowest BCUT2D eigenvalue weighted by atomic mass is 10.1. The molecule has 80 valence electrons. The Morgan fingerprint density at radius 3 is 2.93 bits per heavy atom. The molecule has 1 aromatic carbocycles. The topological polar surface area (TPSA) is 38.3 Å². The molecule has 0 aliphatic carbocycles. The molecule has 1 amide bonds. The van der Waals surface area contributed by atoms with E-state index in [1.54, 1.807) is 0 Å². The molecule has 5 heteroatoms. The summed E-state index contributed by atoms with van der Waals surface area (Å²) >= 11 is 9.29. The van der Waals surface area contributed by atoms with Crippen molar-refractivity contribution in [2.45, 2.75) is 6.10 Å². The zero-order chi connectivity index (χ0) is 10.8. The molecular formula is C10H9BrClNO2. The van der Waals surface area contributed by atoms with Crippen molar-refractivity contribution in [3.63, 3.8) is 0 Å². The maximum absolute atomic E-state index is 10.9. The highest BCUT2D eigenvalue weighted by Gasteiger charge is 2.20. The van der Waals surface area contributed by atoms with Crippen molar-refractivity contribution in [1.29, 1.82) is 0 Å². The number of hydrogen-bond donors (Lipinski definition) is 1. The molecule has 2 rings (SSSR count). The van der Waals surface area contributed by atoms with Gasteiger partial charge in [0, 0.05) is 11.0 Å². The Balaban J connectivity index is 2.16. The summed E-state index contributed by atoms with van der Waals surface area (Å²) in [6.07, 6.45) is -0.103. The largest absolute Gasteiger partial charge is 0.362 e. The van der Waals surface area contributed by atoms with Crippen LogP contribution in [0.15, 0.2) is 22.7 Å². The SMILES string of the molecule is O=C1CO[C@H](c2ccc(Br)c(Cl)c2)CN1. The Morgan fingerprint density at radius 2 is 2.33 bits per heavy atom. The quantitative estimate of drug-likeness (QED) is 0.862. The predicted octanol–water partition coefficient (Wildman–Crippen LogP) is 2.29. The number of amides is 1. The number of rotatable bonds is 1. The number of carbonyl (C=O) groups is 1. The molecule has 0 bridgehead atoms. The van der Waals surface area contributed by atoms with Crippen LogP contribution in [0.2, 0.25) is 5.02 Å². The molecule has 3 nitrogen and oxygen atoms in total. The number of hydrogen-bond acceptors (Lipinski definition) is 2. The van der Waals surface area contributed by atoms with Crippen molar-refractivity contribution in [1.82, 2.24) is 5.32 Å². The van der Waals surface area contributed by atoms with Gasteiger partial charge in [0.05, 0.1) is 5.02 Å². The molecular weight excluding hydrogens is 281 g/mol. The van der Waals surface area contributed by atoms with Crippen LogP contribution in [0, 0.1) is 0 Å². The van der Waals surface area contributed by atoms with Gasteiger partial charge in [-0.15, -0.1) is 0 Å². The molecule has 0 spiro atoms. The lowest BCUT2D eigenvalue weighted by Gasteiger charge is -2.23. The number of ether oxygens (including phenoxy) is 1. The third kappa shape index (κ3) is 2.51. The third-order valence-corrected chi connectivity index (χ3v) is 3.45. The summed E-state index contributed by atoms with van der Waals surface area (Å²) in [5, 5.41) is 3.39. The van der Waals surface area contributed by atoms with Gasteiger partial charge in [-0.25, -0.2) is 0 Å². The molecule has 1 N–H and O–H groups in total. The molecule has 0 unspecified atom stereocenters. The number of benzene rings is 1. The van der Waals surface area contributed by atoms with Crippen LogP contribution in [0.4, 0.5) is 0 Å². The summed E-state index contributed by atoms with van der Waals surface area (Å²) < 4.78 is 6.24. The van der Waals surface area contributed by atoms with Gasteiger partial charge in [-0.3, -0.25) is 4.79 Å². The molecule has 0 saturated carbocycles. The smallest absolute Gasteiger partial charge is 0.246 e. The van der Waals surface area contributed by atoms with E-state index in [0.717, 1.165) is 10.0 Å². The van der Waals surface area contributed by atoms with E-state index in [1.807, 2.05) is 18.2 Å². The molecule has 1 aliphatic heterocycles. The molecule has 1 saturated heterocycles. The lowest BCUT2D eigenvalue weighted by molar-refractivity contribution is -0.133. The average molecular weight is 291 g/mol. The molecule has 1 atom stereocenters. The summed E-state index contributed by atoms with van der Waals surface area (Å²) in [5.41, 5.74) is 0.975. The summed E-state index contributed by atoms with van der Waals surface area (Å²) in [5.74, 6) is -0.0746. The molecule has 1 aliphatic rings. The number of nitrogens with one attached hydrogen (secondary N) is 1. The van der Waals surface area contributed by atoms with Crippen LogP contribution in [0.25, 0.3) is 0 Å². The maximum Gasteiger partial charge on any atom is 0.246 e. The highest BCUT2D eigenvalue weighted by atomic mass is 79.9. The fourth-order valence-corrected chi connectivity index (χ4v) is 1.86. The fraction of sp³-hybridized carbons (Fsp3) is 0.300. The average Bonchev–Trinajstić information content (AvgIpc) is 2.23. The van der Waals surface area contributed by atoms with Crippen LogP contribution in [-0.2, 0) is 9.53 Å².